The second-order valence-electron chi connectivity index (χ2n) is 4.40. The average molecular weight is 280 g/mol. The van der Waals surface area contributed by atoms with Gasteiger partial charge in [-0.2, -0.15) is 0 Å². The first kappa shape index (κ1) is 16.1. The van der Waals surface area contributed by atoms with Gasteiger partial charge in [0.15, 0.2) is 0 Å². The van der Waals surface area contributed by atoms with E-state index in [2.05, 4.69) is 5.32 Å². The Kier molecular flexibility index (Phi) is 7.32. The largest absolute Gasteiger partial charge is 0.491 e. The highest BCUT2D eigenvalue weighted by Gasteiger charge is 2.06. The lowest BCUT2D eigenvalue weighted by atomic mass is 10.2. The fraction of sp³-hybridized carbons (Fsp3) is 0.533. The van der Waals surface area contributed by atoms with E-state index in [0.29, 0.717) is 44.0 Å². The molecule has 5 nitrogen and oxygen atoms in total. The van der Waals surface area contributed by atoms with Crippen LogP contribution in [0.4, 0.5) is 11.4 Å². The molecular weight excluding hydrogens is 256 g/mol. The minimum atomic E-state index is -0.165. The quantitative estimate of drug-likeness (QED) is 0.413. The molecule has 1 rings (SSSR count). The SMILES string of the molecule is CCCOc1cccc(NCCCC(=O)OCC)c1N. The van der Waals surface area contributed by atoms with Gasteiger partial charge < -0.3 is 20.5 Å². The average Bonchev–Trinajstić information content (AvgIpc) is 2.44. The Morgan fingerprint density at radius 1 is 1.35 bits per heavy atom. The molecule has 0 heterocycles. The lowest BCUT2D eigenvalue weighted by Gasteiger charge is -2.13. The summed E-state index contributed by atoms with van der Waals surface area (Å²) in [6.07, 6.45) is 2.06. The van der Waals surface area contributed by atoms with Gasteiger partial charge in [-0.3, -0.25) is 4.79 Å². The number of nitrogens with two attached hydrogens (primary N) is 1. The molecule has 0 saturated carbocycles. The monoisotopic (exact) mass is 280 g/mol. The Morgan fingerprint density at radius 2 is 2.15 bits per heavy atom. The molecule has 112 valence electrons. The van der Waals surface area contributed by atoms with Crippen molar-refractivity contribution in [3.63, 3.8) is 0 Å². The maximum absolute atomic E-state index is 11.2. The molecular formula is C15H24N2O3. The summed E-state index contributed by atoms with van der Waals surface area (Å²) in [6, 6.07) is 5.66. The Labute approximate surface area is 120 Å². The molecule has 0 aliphatic rings. The van der Waals surface area contributed by atoms with Crippen LogP contribution in [0.1, 0.15) is 33.1 Å². The van der Waals surface area contributed by atoms with Crippen LogP contribution in [0.2, 0.25) is 0 Å². The molecule has 0 aliphatic carbocycles. The second kappa shape index (κ2) is 9.07. The second-order valence-corrected chi connectivity index (χ2v) is 4.40. The number of carbonyl (C=O) groups excluding carboxylic acids is 1. The van der Waals surface area contributed by atoms with Gasteiger partial charge in [-0.1, -0.05) is 13.0 Å². The summed E-state index contributed by atoms with van der Waals surface area (Å²) in [5.74, 6) is 0.532. The first-order valence-electron chi connectivity index (χ1n) is 7.09. The zero-order chi connectivity index (χ0) is 14.8. The van der Waals surface area contributed by atoms with E-state index < -0.39 is 0 Å². The van der Waals surface area contributed by atoms with Crippen LogP contribution in [0.5, 0.6) is 5.75 Å². The maximum atomic E-state index is 11.2. The molecule has 20 heavy (non-hydrogen) atoms. The Bertz CT molecular complexity index is 422. The molecule has 0 bridgehead atoms. The predicted octanol–water partition coefficient (Wildman–Crippen LogP) is 2.81. The van der Waals surface area contributed by atoms with E-state index in [1.165, 1.54) is 0 Å². The van der Waals surface area contributed by atoms with Gasteiger partial charge in [0, 0.05) is 13.0 Å². The van der Waals surface area contributed by atoms with Crippen molar-refractivity contribution in [3.05, 3.63) is 18.2 Å². The minimum Gasteiger partial charge on any atom is -0.491 e. The molecule has 3 N–H and O–H groups in total. The number of nitrogens with one attached hydrogen (secondary N) is 1. The van der Waals surface area contributed by atoms with Gasteiger partial charge in [-0.25, -0.2) is 0 Å². The number of rotatable bonds is 9. The topological polar surface area (TPSA) is 73.6 Å². The standard InChI is InChI=1S/C15H24N2O3/c1-3-11-20-13-8-5-7-12(15(13)16)17-10-6-9-14(18)19-4-2/h5,7-8,17H,3-4,6,9-11,16H2,1-2H3. The highest BCUT2D eigenvalue weighted by atomic mass is 16.5. The van der Waals surface area contributed by atoms with E-state index in [0.717, 1.165) is 12.1 Å². The Hall–Kier alpha value is -1.91. The van der Waals surface area contributed by atoms with E-state index in [-0.39, 0.29) is 5.97 Å². The number of esters is 1. The van der Waals surface area contributed by atoms with Crippen LogP contribution < -0.4 is 15.8 Å². The van der Waals surface area contributed by atoms with E-state index in [9.17, 15) is 4.79 Å². The van der Waals surface area contributed by atoms with Gasteiger partial charge >= 0.3 is 5.97 Å². The van der Waals surface area contributed by atoms with Crippen molar-refractivity contribution in [2.75, 3.05) is 30.8 Å². The van der Waals surface area contributed by atoms with Crippen LogP contribution in [-0.2, 0) is 9.53 Å². The summed E-state index contributed by atoms with van der Waals surface area (Å²) in [5, 5.41) is 3.21. The lowest BCUT2D eigenvalue weighted by molar-refractivity contribution is -0.143. The maximum Gasteiger partial charge on any atom is 0.305 e. The number of anilines is 2. The van der Waals surface area contributed by atoms with Crippen LogP contribution >= 0.6 is 0 Å². The van der Waals surface area contributed by atoms with Crippen molar-refractivity contribution < 1.29 is 14.3 Å². The normalized spacial score (nSPS) is 10.1. The number of hydrogen-bond acceptors (Lipinski definition) is 5. The Balaban J connectivity index is 2.41. The van der Waals surface area contributed by atoms with Gasteiger partial charge in [-0.15, -0.1) is 0 Å². The molecule has 0 fully saturated rings. The molecule has 0 aliphatic heterocycles. The summed E-state index contributed by atoms with van der Waals surface area (Å²) in [4.78, 5) is 11.2. The van der Waals surface area contributed by atoms with E-state index in [4.69, 9.17) is 15.2 Å². The van der Waals surface area contributed by atoms with Crippen molar-refractivity contribution >= 4 is 17.3 Å². The number of nitrogen functional groups attached to an aromatic ring is 1. The highest BCUT2D eigenvalue weighted by Crippen LogP contribution is 2.29. The molecule has 0 amide bonds. The first-order chi connectivity index (χ1) is 9.69. The highest BCUT2D eigenvalue weighted by molar-refractivity contribution is 5.73. The van der Waals surface area contributed by atoms with Crippen molar-refractivity contribution in [1.82, 2.24) is 0 Å². The van der Waals surface area contributed by atoms with Crippen LogP contribution in [0, 0.1) is 0 Å². The van der Waals surface area contributed by atoms with E-state index >= 15 is 0 Å². The summed E-state index contributed by atoms with van der Waals surface area (Å²) in [7, 11) is 0. The third-order valence-electron chi connectivity index (χ3n) is 2.71. The third-order valence-corrected chi connectivity index (χ3v) is 2.71. The predicted molar refractivity (Wildman–Crippen MR) is 81.0 cm³/mol. The van der Waals surface area contributed by atoms with Crippen LogP contribution in [0.25, 0.3) is 0 Å². The molecule has 0 atom stereocenters. The number of para-hydroxylation sites is 1. The molecule has 0 radical (unpaired) electrons. The molecule has 0 aromatic heterocycles. The van der Waals surface area contributed by atoms with Crippen LogP contribution in [0.3, 0.4) is 0 Å². The first-order valence-corrected chi connectivity index (χ1v) is 7.09. The van der Waals surface area contributed by atoms with Gasteiger partial charge in [0.05, 0.1) is 24.6 Å². The van der Waals surface area contributed by atoms with Gasteiger partial charge in [0.1, 0.15) is 5.75 Å². The number of hydrogen-bond donors (Lipinski definition) is 2. The van der Waals surface area contributed by atoms with Gasteiger partial charge in [0.25, 0.3) is 0 Å². The minimum absolute atomic E-state index is 0.165. The molecule has 0 unspecified atom stereocenters. The molecule has 1 aromatic carbocycles. The van der Waals surface area contributed by atoms with Crippen molar-refractivity contribution in [1.29, 1.82) is 0 Å². The fourth-order valence-electron chi connectivity index (χ4n) is 1.72. The summed E-state index contributed by atoms with van der Waals surface area (Å²) >= 11 is 0. The summed E-state index contributed by atoms with van der Waals surface area (Å²) in [6.45, 7) is 5.60. The van der Waals surface area contributed by atoms with Gasteiger partial charge in [0.2, 0.25) is 0 Å². The third kappa shape index (κ3) is 5.38. The summed E-state index contributed by atoms with van der Waals surface area (Å²) in [5.41, 5.74) is 7.48. The van der Waals surface area contributed by atoms with Gasteiger partial charge in [-0.05, 0) is 31.9 Å². The number of ether oxygens (including phenoxy) is 2. The molecule has 0 spiro atoms. The number of benzene rings is 1. The number of carbonyl (C=O) groups is 1. The molecule has 5 heteroatoms. The molecule has 1 aromatic rings. The summed E-state index contributed by atoms with van der Waals surface area (Å²) < 4.78 is 10.4. The fourth-order valence-corrected chi connectivity index (χ4v) is 1.72. The molecule has 0 saturated heterocycles. The van der Waals surface area contributed by atoms with Crippen molar-refractivity contribution in [3.8, 4) is 5.75 Å². The lowest BCUT2D eigenvalue weighted by Crippen LogP contribution is -2.09. The van der Waals surface area contributed by atoms with Crippen molar-refractivity contribution in [2.24, 2.45) is 0 Å². The van der Waals surface area contributed by atoms with Crippen LogP contribution in [0.15, 0.2) is 18.2 Å². The Morgan fingerprint density at radius 3 is 2.85 bits per heavy atom. The zero-order valence-electron chi connectivity index (χ0n) is 12.3. The zero-order valence-corrected chi connectivity index (χ0v) is 12.3. The van der Waals surface area contributed by atoms with E-state index in [1.54, 1.807) is 6.92 Å². The van der Waals surface area contributed by atoms with E-state index in [1.807, 2.05) is 25.1 Å². The smallest absolute Gasteiger partial charge is 0.305 e. The van der Waals surface area contributed by atoms with Crippen LogP contribution in [-0.4, -0.2) is 25.7 Å². The van der Waals surface area contributed by atoms with Crippen molar-refractivity contribution in [2.45, 2.75) is 33.1 Å².